The summed E-state index contributed by atoms with van der Waals surface area (Å²) < 4.78 is 1.84. The summed E-state index contributed by atoms with van der Waals surface area (Å²) in [6, 6.07) is 15.8. The number of aliphatic hydroxyl groups is 1. The molecule has 2 heterocycles. The van der Waals surface area contributed by atoms with Crippen LogP contribution in [-0.2, 0) is 13.0 Å². The van der Waals surface area contributed by atoms with E-state index in [9.17, 15) is 4.79 Å². The Morgan fingerprint density at radius 3 is 2.91 bits per heavy atom. The van der Waals surface area contributed by atoms with Crippen molar-refractivity contribution >= 4 is 5.91 Å². The van der Waals surface area contributed by atoms with Gasteiger partial charge in [0.2, 0.25) is 0 Å². The molecule has 32 heavy (non-hydrogen) atoms. The topological polar surface area (TPSA) is 74.5 Å². The van der Waals surface area contributed by atoms with Crippen LogP contribution in [0.5, 0.6) is 0 Å². The summed E-state index contributed by atoms with van der Waals surface area (Å²) in [5.74, 6) is -0.211. The molecule has 166 valence electrons. The molecular formula is C25H29N5O2. The molecule has 0 radical (unpaired) electrons. The lowest BCUT2D eigenvalue weighted by Crippen LogP contribution is -2.36. The van der Waals surface area contributed by atoms with Gasteiger partial charge < -0.3 is 10.0 Å². The van der Waals surface area contributed by atoms with Gasteiger partial charge in [0.25, 0.3) is 5.91 Å². The first-order valence-corrected chi connectivity index (χ1v) is 11.3. The van der Waals surface area contributed by atoms with Crippen LogP contribution in [-0.4, -0.2) is 69.1 Å². The molecule has 1 N–H and O–H groups in total. The Morgan fingerprint density at radius 1 is 1.19 bits per heavy atom. The van der Waals surface area contributed by atoms with Gasteiger partial charge in [0.1, 0.15) is 0 Å². The van der Waals surface area contributed by atoms with Crippen LogP contribution < -0.4 is 0 Å². The average molecular weight is 432 g/mol. The van der Waals surface area contributed by atoms with Crippen molar-refractivity contribution in [3.8, 4) is 11.1 Å². The number of nitrogens with zero attached hydrogens (tertiary/aromatic N) is 5. The first-order chi connectivity index (χ1) is 15.6. The van der Waals surface area contributed by atoms with E-state index in [1.165, 1.54) is 32.7 Å². The van der Waals surface area contributed by atoms with Gasteiger partial charge in [0, 0.05) is 26.7 Å². The number of likely N-dealkylation sites (tertiary alicyclic amines) is 1. The standard InChI is InChI=1S/C25H29N5O2/c1-28(11-12-31)25(32)24-17-30(27-26-24)21-6-4-10-29(16-21)15-18-8-9-23-20(13-18)14-19-5-2-3-7-22(19)23/h2-3,5,7-9,13,17,21,31H,4,6,10-12,14-16H2,1H3/t21-/m0/s1. The van der Waals surface area contributed by atoms with Crippen molar-refractivity contribution < 1.29 is 9.90 Å². The molecule has 3 aromatic rings. The summed E-state index contributed by atoms with van der Waals surface area (Å²) in [6.45, 7) is 3.09. The molecule has 0 spiro atoms. The van der Waals surface area contributed by atoms with Crippen molar-refractivity contribution in [1.82, 2.24) is 24.8 Å². The number of carbonyl (C=O) groups is 1. The molecule has 7 heteroatoms. The monoisotopic (exact) mass is 431 g/mol. The zero-order valence-electron chi connectivity index (χ0n) is 18.4. The summed E-state index contributed by atoms with van der Waals surface area (Å²) >= 11 is 0. The van der Waals surface area contributed by atoms with E-state index in [2.05, 4.69) is 57.7 Å². The van der Waals surface area contributed by atoms with Gasteiger partial charge in [0.15, 0.2) is 5.69 Å². The van der Waals surface area contributed by atoms with Crippen LogP contribution in [0.1, 0.15) is 46.1 Å². The normalized spacial score (nSPS) is 17.8. The second-order valence-electron chi connectivity index (χ2n) is 8.89. The van der Waals surface area contributed by atoms with Crippen LogP contribution in [0.3, 0.4) is 0 Å². The highest BCUT2D eigenvalue weighted by atomic mass is 16.3. The molecule has 1 amide bonds. The smallest absolute Gasteiger partial charge is 0.275 e. The lowest BCUT2D eigenvalue weighted by Gasteiger charge is -2.32. The number of aliphatic hydroxyl groups excluding tert-OH is 1. The van der Waals surface area contributed by atoms with Gasteiger partial charge in [-0.3, -0.25) is 9.69 Å². The van der Waals surface area contributed by atoms with Crippen molar-refractivity contribution in [3.05, 3.63) is 71.0 Å². The molecule has 1 aliphatic heterocycles. The Balaban J connectivity index is 1.25. The third kappa shape index (κ3) is 4.06. The highest BCUT2D eigenvalue weighted by molar-refractivity contribution is 5.91. The van der Waals surface area contributed by atoms with E-state index in [-0.39, 0.29) is 25.1 Å². The lowest BCUT2D eigenvalue weighted by atomic mass is 10.0. The van der Waals surface area contributed by atoms with E-state index in [4.69, 9.17) is 5.11 Å². The first kappa shape index (κ1) is 20.8. The number of piperidine rings is 1. The molecular weight excluding hydrogens is 402 g/mol. The number of carbonyl (C=O) groups excluding carboxylic acids is 1. The summed E-state index contributed by atoms with van der Waals surface area (Å²) in [5.41, 5.74) is 7.25. The van der Waals surface area contributed by atoms with Crippen molar-refractivity contribution in [2.75, 3.05) is 33.3 Å². The maximum absolute atomic E-state index is 12.4. The number of aromatic nitrogens is 3. The fraction of sp³-hybridized carbons (Fsp3) is 0.400. The van der Waals surface area contributed by atoms with Crippen molar-refractivity contribution in [2.24, 2.45) is 0 Å². The van der Waals surface area contributed by atoms with Crippen molar-refractivity contribution in [2.45, 2.75) is 31.8 Å². The fourth-order valence-corrected chi connectivity index (χ4v) is 4.95. The van der Waals surface area contributed by atoms with Gasteiger partial charge in [0.05, 0.1) is 18.8 Å². The van der Waals surface area contributed by atoms with Crippen LogP contribution in [0, 0.1) is 0 Å². The molecule has 7 nitrogen and oxygen atoms in total. The van der Waals surface area contributed by atoms with E-state index >= 15 is 0 Å². The van der Waals surface area contributed by atoms with Crippen LogP contribution in [0.2, 0.25) is 0 Å². The molecule has 1 aliphatic carbocycles. The Morgan fingerprint density at radius 2 is 2.03 bits per heavy atom. The Labute approximate surface area is 188 Å². The summed E-state index contributed by atoms with van der Waals surface area (Å²) in [5, 5.41) is 17.4. The minimum absolute atomic E-state index is 0.0667. The van der Waals surface area contributed by atoms with Crippen molar-refractivity contribution in [3.63, 3.8) is 0 Å². The Bertz CT molecular complexity index is 1130. The summed E-state index contributed by atoms with van der Waals surface area (Å²) in [6.07, 6.45) is 4.88. The third-order valence-corrected chi connectivity index (χ3v) is 6.63. The fourth-order valence-electron chi connectivity index (χ4n) is 4.95. The molecule has 0 bridgehead atoms. The molecule has 0 saturated carbocycles. The zero-order chi connectivity index (χ0) is 22.1. The molecule has 1 fully saturated rings. The zero-order valence-corrected chi connectivity index (χ0v) is 18.4. The van der Waals surface area contributed by atoms with E-state index in [0.29, 0.717) is 5.69 Å². The van der Waals surface area contributed by atoms with E-state index in [1.54, 1.807) is 13.2 Å². The number of hydrogen-bond donors (Lipinski definition) is 1. The molecule has 2 aromatic carbocycles. The Kier molecular flexibility index (Phi) is 5.76. The summed E-state index contributed by atoms with van der Waals surface area (Å²) in [7, 11) is 1.66. The maximum Gasteiger partial charge on any atom is 0.275 e. The van der Waals surface area contributed by atoms with E-state index in [1.807, 2.05) is 4.68 Å². The van der Waals surface area contributed by atoms with Gasteiger partial charge in [-0.15, -0.1) is 5.10 Å². The predicted molar refractivity (Wildman–Crippen MR) is 122 cm³/mol. The largest absolute Gasteiger partial charge is 0.395 e. The van der Waals surface area contributed by atoms with E-state index < -0.39 is 0 Å². The minimum atomic E-state index is -0.211. The number of rotatable bonds is 6. The van der Waals surface area contributed by atoms with Gasteiger partial charge in [-0.25, -0.2) is 4.68 Å². The number of amides is 1. The van der Waals surface area contributed by atoms with Gasteiger partial charge in [-0.2, -0.15) is 0 Å². The van der Waals surface area contributed by atoms with Crippen LogP contribution >= 0.6 is 0 Å². The summed E-state index contributed by atoms with van der Waals surface area (Å²) in [4.78, 5) is 16.3. The van der Waals surface area contributed by atoms with Crippen LogP contribution in [0.4, 0.5) is 0 Å². The van der Waals surface area contributed by atoms with Gasteiger partial charge >= 0.3 is 0 Å². The maximum atomic E-state index is 12.4. The highest BCUT2D eigenvalue weighted by Gasteiger charge is 2.25. The van der Waals surface area contributed by atoms with Gasteiger partial charge in [-0.05, 0) is 53.6 Å². The average Bonchev–Trinajstić information content (AvgIpc) is 3.44. The SMILES string of the molecule is CN(CCO)C(=O)c1cn([C@H]2CCCN(Cc3ccc4c(c3)Cc3ccccc3-4)C2)nn1. The number of likely N-dealkylation sites (N-methyl/N-ethyl adjacent to an activating group) is 1. The molecule has 2 aliphatic rings. The Hall–Kier alpha value is -3.03. The van der Waals surface area contributed by atoms with Crippen LogP contribution in [0.25, 0.3) is 11.1 Å². The lowest BCUT2D eigenvalue weighted by molar-refractivity contribution is 0.0761. The number of fused-ring (bicyclic) bond motifs is 3. The second kappa shape index (κ2) is 8.84. The molecule has 1 aromatic heterocycles. The molecule has 5 rings (SSSR count). The third-order valence-electron chi connectivity index (χ3n) is 6.63. The minimum Gasteiger partial charge on any atom is -0.395 e. The predicted octanol–water partition coefficient (Wildman–Crippen LogP) is 2.75. The molecule has 0 unspecified atom stereocenters. The quantitative estimate of drug-likeness (QED) is 0.508. The van der Waals surface area contributed by atoms with Crippen molar-refractivity contribution in [1.29, 1.82) is 0 Å². The molecule has 1 saturated heterocycles. The number of benzene rings is 2. The van der Waals surface area contributed by atoms with Gasteiger partial charge in [-0.1, -0.05) is 47.7 Å². The van der Waals surface area contributed by atoms with Crippen LogP contribution in [0.15, 0.2) is 48.7 Å². The highest BCUT2D eigenvalue weighted by Crippen LogP contribution is 2.37. The van der Waals surface area contributed by atoms with E-state index in [0.717, 1.165) is 38.9 Å². The molecule has 1 atom stereocenters. The second-order valence-corrected chi connectivity index (χ2v) is 8.89. The number of hydrogen-bond acceptors (Lipinski definition) is 5. The first-order valence-electron chi connectivity index (χ1n) is 11.3.